The summed E-state index contributed by atoms with van der Waals surface area (Å²) in [7, 11) is 0. The molecule has 0 spiro atoms. The third-order valence-electron chi connectivity index (χ3n) is 7.79. The molecule has 0 saturated heterocycles. The molecule has 184 valence electrons. The fourth-order valence-electron chi connectivity index (χ4n) is 4.67. The van der Waals surface area contributed by atoms with Gasteiger partial charge in [0.05, 0.1) is 11.9 Å². The Morgan fingerprint density at radius 3 is 2.65 bits per heavy atom. The van der Waals surface area contributed by atoms with Gasteiger partial charge in [0, 0.05) is 18.2 Å². The van der Waals surface area contributed by atoms with E-state index in [9.17, 15) is 14.4 Å². The van der Waals surface area contributed by atoms with Crippen molar-refractivity contribution < 1.29 is 9.59 Å². The predicted molar refractivity (Wildman–Crippen MR) is 134 cm³/mol. The van der Waals surface area contributed by atoms with E-state index in [2.05, 4.69) is 50.4 Å². The smallest absolute Gasteiger partial charge is 0.288 e. The van der Waals surface area contributed by atoms with Crippen LogP contribution in [-0.4, -0.2) is 27.6 Å². The maximum Gasteiger partial charge on any atom is 0.288 e. The molecule has 1 heterocycles. The number of nitrogens with one attached hydrogen (secondary N) is 2. The molecule has 1 aromatic carbocycles. The number of carbonyl (C=O) groups excluding carboxylic acids is 2. The first-order valence-electron chi connectivity index (χ1n) is 11.6. The number of rotatable bonds is 7. The third-order valence-corrected chi connectivity index (χ3v) is 8.16. The van der Waals surface area contributed by atoms with Crippen molar-refractivity contribution in [2.75, 3.05) is 5.32 Å². The van der Waals surface area contributed by atoms with Crippen molar-refractivity contribution in [1.82, 2.24) is 15.1 Å². The van der Waals surface area contributed by atoms with Crippen molar-refractivity contribution in [3.63, 3.8) is 0 Å². The lowest BCUT2D eigenvalue weighted by atomic mass is 9.58. The van der Waals surface area contributed by atoms with Crippen molar-refractivity contribution in [1.29, 1.82) is 0 Å². The third kappa shape index (κ3) is 5.43. The van der Waals surface area contributed by atoms with E-state index >= 15 is 0 Å². The molecule has 0 bridgehead atoms. The lowest BCUT2D eigenvalue weighted by Gasteiger charge is -2.50. The Balaban J connectivity index is 1.65. The molecule has 8 nitrogen and oxygen atoms in total. The molecule has 9 heteroatoms. The molecule has 4 N–H and O–H groups in total. The van der Waals surface area contributed by atoms with E-state index in [-0.39, 0.29) is 29.6 Å². The molecular formula is C25H34ClN5O3. The molecule has 0 aliphatic heterocycles. The normalized spacial score (nSPS) is 23.8. The highest BCUT2D eigenvalue weighted by molar-refractivity contribution is 6.32. The predicted octanol–water partition coefficient (Wildman–Crippen LogP) is 3.43. The molecule has 1 aromatic heterocycles. The van der Waals surface area contributed by atoms with Gasteiger partial charge in [-0.25, -0.2) is 4.68 Å². The summed E-state index contributed by atoms with van der Waals surface area (Å²) >= 11 is 6.39. The Hall–Kier alpha value is -2.87. The number of anilines is 1. The molecule has 3 rings (SSSR count). The highest BCUT2D eigenvalue weighted by Gasteiger charge is 2.43. The van der Waals surface area contributed by atoms with E-state index in [0.29, 0.717) is 29.0 Å². The van der Waals surface area contributed by atoms with Gasteiger partial charge in [-0.1, -0.05) is 58.4 Å². The van der Waals surface area contributed by atoms with E-state index in [1.165, 1.54) is 6.20 Å². The van der Waals surface area contributed by atoms with Crippen molar-refractivity contribution in [3.8, 4) is 0 Å². The molecule has 1 aliphatic rings. The molecule has 1 saturated carbocycles. The number of amides is 2. The average Bonchev–Trinajstić information content (AvgIpc) is 2.80. The van der Waals surface area contributed by atoms with Gasteiger partial charge < -0.3 is 16.4 Å². The zero-order chi connectivity index (χ0) is 25.2. The number of hydrogen-bond donors (Lipinski definition) is 3. The maximum atomic E-state index is 12.8. The van der Waals surface area contributed by atoms with Crippen LogP contribution >= 0.6 is 11.6 Å². The largest absolute Gasteiger partial charge is 0.379 e. The Morgan fingerprint density at radius 1 is 1.26 bits per heavy atom. The molecule has 0 unspecified atom stereocenters. The standard InChI is InChI=1S/C25H34ClN5O3/c1-14-9-19(15(2)16(3)25(14,4)5)30-20-12-29-31(24(34)22(20)26)13-21(32)28-11-17-7-6-8-18(10-17)23(27)33/h6-8,10,12,14-16,19,30H,9,11,13H2,1-5H3,(H2,27,33)(H,28,32)/t14-,15+,16+,19+/m0/s1. The van der Waals surface area contributed by atoms with Crippen molar-refractivity contribution in [2.45, 2.75) is 60.2 Å². The van der Waals surface area contributed by atoms with Crippen LogP contribution in [-0.2, 0) is 17.9 Å². The zero-order valence-corrected chi connectivity index (χ0v) is 21.1. The maximum absolute atomic E-state index is 12.8. The summed E-state index contributed by atoms with van der Waals surface area (Å²) in [5.74, 6) is 0.455. The van der Waals surface area contributed by atoms with Crippen LogP contribution in [0.4, 0.5) is 5.69 Å². The first-order valence-corrected chi connectivity index (χ1v) is 12.0. The van der Waals surface area contributed by atoms with E-state index in [1.807, 2.05) is 0 Å². The number of benzene rings is 1. The van der Waals surface area contributed by atoms with Crippen molar-refractivity contribution in [3.05, 3.63) is 57.0 Å². The van der Waals surface area contributed by atoms with Crippen LogP contribution < -0.4 is 21.9 Å². The number of halogens is 1. The summed E-state index contributed by atoms with van der Waals surface area (Å²) in [5.41, 5.74) is 6.56. The summed E-state index contributed by atoms with van der Waals surface area (Å²) in [5, 5.41) is 10.3. The second-order valence-electron chi connectivity index (χ2n) is 10.0. The van der Waals surface area contributed by atoms with Crippen LogP contribution in [0.1, 0.15) is 57.0 Å². The fourth-order valence-corrected chi connectivity index (χ4v) is 4.87. The summed E-state index contributed by atoms with van der Waals surface area (Å²) in [6.45, 7) is 11.3. The number of nitrogens with two attached hydrogens (primary N) is 1. The topological polar surface area (TPSA) is 119 Å². The number of primary amides is 1. The van der Waals surface area contributed by atoms with Gasteiger partial charge in [-0.2, -0.15) is 5.10 Å². The average molecular weight is 488 g/mol. The van der Waals surface area contributed by atoms with E-state index in [4.69, 9.17) is 17.3 Å². The SMILES string of the molecule is C[C@@H]1[C@@H](C)C(C)(C)[C@@H](C)C[C@H]1Nc1cnn(CC(=O)NCc2cccc(C(N)=O)c2)c(=O)c1Cl. The fraction of sp³-hybridized carbons (Fsp3) is 0.520. The lowest BCUT2D eigenvalue weighted by Crippen LogP contribution is -2.48. The van der Waals surface area contributed by atoms with Crippen LogP contribution in [0, 0.1) is 23.2 Å². The summed E-state index contributed by atoms with van der Waals surface area (Å²) < 4.78 is 1.04. The van der Waals surface area contributed by atoms with Crippen LogP contribution in [0.3, 0.4) is 0 Å². The number of hydrogen-bond acceptors (Lipinski definition) is 5. The molecular weight excluding hydrogens is 454 g/mol. The van der Waals surface area contributed by atoms with Gasteiger partial charge in [-0.15, -0.1) is 0 Å². The zero-order valence-electron chi connectivity index (χ0n) is 20.4. The van der Waals surface area contributed by atoms with Crippen molar-refractivity contribution in [2.24, 2.45) is 28.9 Å². The van der Waals surface area contributed by atoms with Crippen molar-refractivity contribution >= 4 is 29.1 Å². The van der Waals surface area contributed by atoms with E-state index < -0.39 is 17.4 Å². The van der Waals surface area contributed by atoms with Crippen LogP contribution in [0.2, 0.25) is 5.02 Å². The second kappa shape index (κ2) is 10.2. The van der Waals surface area contributed by atoms with Gasteiger partial charge in [-0.05, 0) is 47.3 Å². The minimum absolute atomic E-state index is 0.0225. The number of nitrogens with zero attached hydrogens (tertiary/aromatic N) is 2. The Labute approximate surface area is 205 Å². The minimum Gasteiger partial charge on any atom is -0.379 e. The van der Waals surface area contributed by atoms with Gasteiger partial charge >= 0.3 is 0 Å². The molecule has 34 heavy (non-hydrogen) atoms. The number of aromatic nitrogens is 2. The van der Waals surface area contributed by atoms with Gasteiger partial charge in [-0.3, -0.25) is 14.4 Å². The van der Waals surface area contributed by atoms with Crippen LogP contribution in [0.5, 0.6) is 0 Å². The summed E-state index contributed by atoms with van der Waals surface area (Å²) in [6.07, 6.45) is 2.48. The minimum atomic E-state index is -0.539. The number of carbonyl (C=O) groups is 2. The van der Waals surface area contributed by atoms with E-state index in [0.717, 1.165) is 16.7 Å². The molecule has 1 fully saturated rings. The quantitative estimate of drug-likeness (QED) is 0.552. The molecule has 1 aliphatic carbocycles. The Bertz CT molecular complexity index is 1130. The highest BCUT2D eigenvalue weighted by Crippen LogP contribution is 2.48. The van der Waals surface area contributed by atoms with Crippen LogP contribution in [0.15, 0.2) is 35.3 Å². The lowest BCUT2D eigenvalue weighted by molar-refractivity contribution is -0.122. The summed E-state index contributed by atoms with van der Waals surface area (Å²) in [4.78, 5) is 36.5. The second-order valence-corrected chi connectivity index (χ2v) is 10.4. The summed E-state index contributed by atoms with van der Waals surface area (Å²) in [6, 6.07) is 6.84. The Kier molecular flexibility index (Phi) is 7.70. The molecule has 0 radical (unpaired) electrons. The Morgan fingerprint density at radius 2 is 1.97 bits per heavy atom. The molecule has 2 amide bonds. The van der Waals surface area contributed by atoms with Gasteiger partial charge in [0.1, 0.15) is 11.6 Å². The van der Waals surface area contributed by atoms with Gasteiger partial charge in [0.2, 0.25) is 11.8 Å². The monoisotopic (exact) mass is 487 g/mol. The van der Waals surface area contributed by atoms with Gasteiger partial charge in [0.15, 0.2) is 0 Å². The van der Waals surface area contributed by atoms with E-state index in [1.54, 1.807) is 24.3 Å². The first-order chi connectivity index (χ1) is 15.9. The van der Waals surface area contributed by atoms with Gasteiger partial charge in [0.25, 0.3) is 5.56 Å². The first kappa shape index (κ1) is 25.7. The van der Waals surface area contributed by atoms with Crippen LogP contribution in [0.25, 0.3) is 0 Å². The molecule has 2 aromatic rings. The molecule has 4 atom stereocenters. The highest BCUT2D eigenvalue weighted by atomic mass is 35.5.